The third kappa shape index (κ3) is 2.68. The van der Waals surface area contributed by atoms with Gasteiger partial charge < -0.3 is 10.6 Å². The fourth-order valence-electron chi connectivity index (χ4n) is 1.27. The van der Waals surface area contributed by atoms with Crippen molar-refractivity contribution in [2.45, 2.75) is 19.9 Å². The highest BCUT2D eigenvalue weighted by atomic mass is 19.1. The number of aryl methyl sites for hydroxylation is 1. The number of rotatable bonds is 3. The molecule has 2 N–H and O–H groups in total. The maximum absolute atomic E-state index is 13.4. The second kappa shape index (κ2) is 4.92. The number of halogens is 2. The Kier molecular flexibility index (Phi) is 3.82. The van der Waals surface area contributed by atoms with Crippen LogP contribution in [0.2, 0.25) is 0 Å². The van der Waals surface area contributed by atoms with Gasteiger partial charge in [0.15, 0.2) is 0 Å². The van der Waals surface area contributed by atoms with E-state index in [0.717, 1.165) is 12.1 Å². The van der Waals surface area contributed by atoms with E-state index in [1.165, 1.54) is 14.0 Å². The van der Waals surface area contributed by atoms with E-state index in [1.54, 1.807) is 6.92 Å². The molecule has 1 unspecified atom stereocenters. The largest absolute Gasteiger partial charge is 0.371 e. The number of benzene rings is 1. The summed E-state index contributed by atoms with van der Waals surface area (Å²) in [5.41, 5.74) is 0.217. The van der Waals surface area contributed by atoms with Gasteiger partial charge in [0.05, 0.1) is 5.69 Å². The van der Waals surface area contributed by atoms with E-state index >= 15 is 0 Å². The number of hydrogen-bond donors (Lipinski definition) is 2. The van der Waals surface area contributed by atoms with Gasteiger partial charge in [0.25, 0.3) is 0 Å². The predicted octanol–water partition coefficient (Wildman–Crippen LogP) is 1.82. The highest BCUT2D eigenvalue weighted by Gasteiger charge is 2.14. The highest BCUT2D eigenvalue weighted by molar-refractivity contribution is 5.83. The Morgan fingerprint density at radius 2 is 1.94 bits per heavy atom. The van der Waals surface area contributed by atoms with Crippen molar-refractivity contribution in [1.29, 1.82) is 0 Å². The molecular weight excluding hydrogens is 214 g/mol. The number of carbonyl (C=O) groups excluding carboxylic acids is 1. The second-order valence-corrected chi connectivity index (χ2v) is 3.56. The summed E-state index contributed by atoms with van der Waals surface area (Å²) < 4.78 is 26.6. The lowest BCUT2D eigenvalue weighted by Crippen LogP contribution is -2.35. The molecule has 0 fully saturated rings. The van der Waals surface area contributed by atoms with Crippen LogP contribution in [0, 0.1) is 18.6 Å². The van der Waals surface area contributed by atoms with Crippen LogP contribution in [-0.4, -0.2) is 19.0 Å². The zero-order valence-corrected chi connectivity index (χ0v) is 9.40. The molecule has 0 aliphatic rings. The summed E-state index contributed by atoms with van der Waals surface area (Å²) in [6.07, 6.45) is 0. The van der Waals surface area contributed by atoms with Crippen LogP contribution in [-0.2, 0) is 4.79 Å². The molecule has 0 aliphatic carbocycles. The van der Waals surface area contributed by atoms with E-state index in [4.69, 9.17) is 0 Å². The van der Waals surface area contributed by atoms with Crippen LogP contribution in [0.1, 0.15) is 12.5 Å². The highest BCUT2D eigenvalue weighted by Crippen LogP contribution is 2.19. The Hall–Kier alpha value is -1.65. The van der Waals surface area contributed by atoms with Crippen LogP contribution >= 0.6 is 0 Å². The zero-order valence-electron chi connectivity index (χ0n) is 9.40. The SMILES string of the molecule is CNC(=O)C(C)Nc1cc(F)c(C)cc1F. The van der Waals surface area contributed by atoms with E-state index in [-0.39, 0.29) is 17.2 Å². The van der Waals surface area contributed by atoms with Gasteiger partial charge in [-0.25, -0.2) is 8.78 Å². The zero-order chi connectivity index (χ0) is 12.3. The Labute approximate surface area is 92.8 Å². The summed E-state index contributed by atoms with van der Waals surface area (Å²) in [7, 11) is 1.48. The monoisotopic (exact) mass is 228 g/mol. The van der Waals surface area contributed by atoms with Gasteiger partial charge in [-0.1, -0.05) is 0 Å². The number of anilines is 1. The van der Waals surface area contributed by atoms with Crippen molar-refractivity contribution in [1.82, 2.24) is 5.32 Å². The van der Waals surface area contributed by atoms with Crippen LogP contribution in [0.25, 0.3) is 0 Å². The second-order valence-electron chi connectivity index (χ2n) is 3.56. The van der Waals surface area contributed by atoms with Crippen LogP contribution in [0.4, 0.5) is 14.5 Å². The standard InChI is InChI=1S/C11H14F2N2O/c1-6-4-9(13)10(5-8(6)12)15-7(2)11(16)14-3/h4-5,7,15H,1-3H3,(H,14,16). The average Bonchev–Trinajstić information content (AvgIpc) is 2.24. The maximum atomic E-state index is 13.4. The first-order valence-corrected chi connectivity index (χ1v) is 4.89. The van der Waals surface area contributed by atoms with Crippen molar-refractivity contribution >= 4 is 11.6 Å². The first-order valence-electron chi connectivity index (χ1n) is 4.89. The number of likely N-dealkylation sites (N-methyl/N-ethyl adjacent to an activating group) is 1. The van der Waals surface area contributed by atoms with Crippen molar-refractivity contribution < 1.29 is 13.6 Å². The van der Waals surface area contributed by atoms with Gasteiger partial charge in [-0.2, -0.15) is 0 Å². The molecule has 0 heterocycles. The van der Waals surface area contributed by atoms with E-state index < -0.39 is 17.7 Å². The van der Waals surface area contributed by atoms with Crippen molar-refractivity contribution in [3.8, 4) is 0 Å². The molecule has 1 amide bonds. The molecule has 0 saturated carbocycles. The normalized spacial score (nSPS) is 12.1. The van der Waals surface area contributed by atoms with Gasteiger partial charge in [-0.15, -0.1) is 0 Å². The molecule has 1 aromatic rings. The fourth-order valence-corrected chi connectivity index (χ4v) is 1.27. The molecule has 5 heteroatoms. The van der Waals surface area contributed by atoms with Gasteiger partial charge >= 0.3 is 0 Å². The molecule has 0 radical (unpaired) electrons. The van der Waals surface area contributed by atoms with E-state index in [1.807, 2.05) is 0 Å². The summed E-state index contributed by atoms with van der Waals surface area (Å²) in [4.78, 5) is 11.2. The molecule has 0 aliphatic heterocycles. The predicted molar refractivity (Wildman–Crippen MR) is 58.2 cm³/mol. The van der Waals surface area contributed by atoms with Crippen LogP contribution in [0.15, 0.2) is 12.1 Å². The lowest BCUT2D eigenvalue weighted by atomic mass is 10.2. The summed E-state index contributed by atoms with van der Waals surface area (Å²) in [6.45, 7) is 3.04. The molecule has 88 valence electrons. The summed E-state index contributed by atoms with van der Waals surface area (Å²) in [6, 6.07) is 1.51. The minimum atomic E-state index is -0.624. The molecule has 1 atom stereocenters. The van der Waals surface area contributed by atoms with E-state index in [0.29, 0.717) is 0 Å². The average molecular weight is 228 g/mol. The lowest BCUT2D eigenvalue weighted by Gasteiger charge is -2.14. The van der Waals surface area contributed by atoms with E-state index in [9.17, 15) is 13.6 Å². The molecule has 0 aromatic heterocycles. The van der Waals surface area contributed by atoms with Gasteiger partial charge in [-0.05, 0) is 25.5 Å². The molecule has 1 aromatic carbocycles. The number of amides is 1. The number of nitrogens with one attached hydrogen (secondary N) is 2. The van der Waals surface area contributed by atoms with Crippen LogP contribution in [0.5, 0.6) is 0 Å². The molecular formula is C11H14F2N2O. The fraction of sp³-hybridized carbons (Fsp3) is 0.364. The first-order chi connectivity index (χ1) is 7.45. The number of carbonyl (C=O) groups is 1. The van der Waals surface area contributed by atoms with Gasteiger partial charge in [0, 0.05) is 13.1 Å². The van der Waals surface area contributed by atoms with E-state index in [2.05, 4.69) is 10.6 Å². The van der Waals surface area contributed by atoms with Crippen molar-refractivity contribution in [3.63, 3.8) is 0 Å². The van der Waals surface area contributed by atoms with Gasteiger partial charge in [0.1, 0.15) is 17.7 Å². The quantitative estimate of drug-likeness (QED) is 0.828. The summed E-state index contributed by atoms with van der Waals surface area (Å²) >= 11 is 0. The summed E-state index contributed by atoms with van der Waals surface area (Å²) in [5, 5.41) is 5.01. The topological polar surface area (TPSA) is 41.1 Å². The van der Waals surface area contributed by atoms with Crippen LogP contribution < -0.4 is 10.6 Å². The smallest absolute Gasteiger partial charge is 0.241 e. The molecule has 3 nitrogen and oxygen atoms in total. The van der Waals surface area contributed by atoms with Crippen molar-refractivity contribution in [2.24, 2.45) is 0 Å². The maximum Gasteiger partial charge on any atom is 0.241 e. The Bertz CT molecular complexity index is 407. The third-order valence-electron chi connectivity index (χ3n) is 2.26. The summed E-state index contributed by atoms with van der Waals surface area (Å²) in [5.74, 6) is -1.37. The van der Waals surface area contributed by atoms with Gasteiger partial charge in [-0.3, -0.25) is 4.79 Å². The molecule has 1 rings (SSSR count). The molecule has 16 heavy (non-hydrogen) atoms. The number of hydrogen-bond acceptors (Lipinski definition) is 2. The van der Waals surface area contributed by atoms with Gasteiger partial charge in [0.2, 0.25) is 5.91 Å². The Morgan fingerprint density at radius 1 is 1.31 bits per heavy atom. The van der Waals surface area contributed by atoms with Crippen molar-refractivity contribution in [3.05, 3.63) is 29.3 Å². The van der Waals surface area contributed by atoms with Crippen molar-refractivity contribution in [2.75, 3.05) is 12.4 Å². The Balaban J connectivity index is 2.89. The lowest BCUT2D eigenvalue weighted by molar-refractivity contribution is -0.121. The third-order valence-corrected chi connectivity index (χ3v) is 2.26. The first kappa shape index (κ1) is 12.4. The molecule has 0 bridgehead atoms. The Morgan fingerprint density at radius 3 is 2.50 bits per heavy atom. The minimum Gasteiger partial charge on any atom is -0.371 e. The molecule has 0 saturated heterocycles. The molecule has 0 spiro atoms. The van der Waals surface area contributed by atoms with Crippen LogP contribution in [0.3, 0.4) is 0 Å². The minimum absolute atomic E-state index is 0.0146.